The maximum atomic E-state index is 15.2. The maximum absolute atomic E-state index is 15.2. The lowest BCUT2D eigenvalue weighted by Crippen LogP contribution is -2.43. The SMILES string of the molecule is CN(C)c1ccc(N=Nc2ccc(C(O)NCc3cc(F)c(OCC(=O)[C@H](CCCCNC(=O)OC(C)(C)C)NC(=O)c4cccc(N=[N+]=[N-])c4)c(F)c3)cc2)cc1. The van der Waals surface area contributed by atoms with Crippen molar-refractivity contribution in [3.05, 3.63) is 124 Å². The average molecular weight is 800 g/mol. The molecule has 4 rings (SSSR count). The van der Waals surface area contributed by atoms with Gasteiger partial charge in [0.05, 0.1) is 17.4 Å². The molecule has 0 saturated carbocycles. The van der Waals surface area contributed by atoms with Gasteiger partial charge in [-0.2, -0.15) is 10.2 Å². The number of ketones is 1. The Morgan fingerprint density at radius 2 is 1.53 bits per heavy atom. The van der Waals surface area contributed by atoms with Gasteiger partial charge < -0.3 is 30.1 Å². The molecule has 58 heavy (non-hydrogen) atoms. The Labute approximate surface area is 335 Å². The molecular formula is C41H47F2N9O6. The smallest absolute Gasteiger partial charge is 0.407 e. The molecule has 0 aliphatic heterocycles. The summed E-state index contributed by atoms with van der Waals surface area (Å²) < 4.78 is 40.8. The first kappa shape index (κ1) is 44.3. The minimum absolute atomic E-state index is 0.108. The first-order valence-corrected chi connectivity index (χ1v) is 18.4. The van der Waals surface area contributed by atoms with Crippen LogP contribution in [0.2, 0.25) is 0 Å². The second kappa shape index (κ2) is 21.2. The van der Waals surface area contributed by atoms with E-state index in [1.54, 1.807) is 45.0 Å². The van der Waals surface area contributed by atoms with Crippen molar-refractivity contribution in [1.82, 2.24) is 16.0 Å². The van der Waals surface area contributed by atoms with Crippen molar-refractivity contribution in [3.63, 3.8) is 0 Å². The lowest BCUT2D eigenvalue weighted by Gasteiger charge is -2.20. The van der Waals surface area contributed by atoms with E-state index in [9.17, 15) is 19.5 Å². The van der Waals surface area contributed by atoms with Crippen molar-refractivity contribution in [3.8, 4) is 5.75 Å². The Kier molecular flexibility index (Phi) is 16.2. The molecule has 2 amide bonds. The first-order chi connectivity index (χ1) is 27.6. The van der Waals surface area contributed by atoms with E-state index in [1.165, 1.54) is 24.3 Å². The quantitative estimate of drug-likeness (QED) is 0.0237. The Morgan fingerprint density at radius 1 is 0.897 bits per heavy atom. The number of carbonyl (C=O) groups is 3. The number of rotatable bonds is 19. The van der Waals surface area contributed by atoms with E-state index in [0.717, 1.165) is 17.8 Å². The first-order valence-electron chi connectivity index (χ1n) is 18.4. The summed E-state index contributed by atoms with van der Waals surface area (Å²) in [7, 11) is 3.89. The Balaban J connectivity index is 1.33. The number of ether oxygens (including phenoxy) is 2. The molecule has 4 N–H and O–H groups in total. The van der Waals surface area contributed by atoms with Crippen LogP contribution in [0.5, 0.6) is 5.75 Å². The molecule has 0 spiro atoms. The third-order valence-corrected chi connectivity index (χ3v) is 8.32. The number of azide groups is 1. The third-order valence-electron chi connectivity index (χ3n) is 8.32. The number of amides is 2. The molecule has 4 aromatic rings. The van der Waals surface area contributed by atoms with Crippen LogP contribution in [0, 0.1) is 11.6 Å². The molecule has 15 nitrogen and oxygen atoms in total. The molecule has 0 fully saturated rings. The van der Waals surface area contributed by atoms with Crippen LogP contribution in [-0.2, 0) is 16.1 Å². The van der Waals surface area contributed by atoms with Crippen LogP contribution in [0.4, 0.5) is 36.3 Å². The number of azo groups is 1. The molecule has 0 aliphatic carbocycles. The summed E-state index contributed by atoms with van der Waals surface area (Å²) in [6.07, 6.45) is -0.883. The fraction of sp³-hybridized carbons (Fsp3) is 0.341. The monoisotopic (exact) mass is 799 g/mol. The summed E-state index contributed by atoms with van der Waals surface area (Å²) in [6.45, 7) is 4.54. The van der Waals surface area contributed by atoms with Gasteiger partial charge in [-0.3, -0.25) is 14.9 Å². The molecule has 0 heterocycles. The van der Waals surface area contributed by atoms with Crippen molar-refractivity contribution in [2.24, 2.45) is 15.3 Å². The number of alkyl carbamates (subject to hydrolysis) is 1. The zero-order valence-electron chi connectivity index (χ0n) is 32.9. The van der Waals surface area contributed by atoms with Crippen LogP contribution in [-0.4, -0.2) is 61.8 Å². The standard InChI is InChI=1S/C41H47F2N9O6/c1-41(2,3)58-40(56)45-20-7-6-11-35(47-39(55)28-9-8-10-31(23-28)50-51-44)36(53)25-57-37-33(42)21-26(22-34(37)43)24-46-38(54)27-12-14-29(15-13-27)48-49-30-16-18-32(19-17-30)52(4)5/h8-10,12-19,21-23,35,38,46,54H,6-7,11,20,24-25H2,1-5H3,(H,45,56)(H,47,55)/t35-,38?/m0/s1. The predicted octanol–water partition coefficient (Wildman–Crippen LogP) is 8.61. The molecule has 0 bridgehead atoms. The van der Waals surface area contributed by atoms with Crippen molar-refractivity contribution >= 4 is 40.5 Å². The van der Waals surface area contributed by atoms with Gasteiger partial charge in [0.15, 0.2) is 23.2 Å². The summed E-state index contributed by atoms with van der Waals surface area (Å²) in [5.41, 5.74) is 11.3. The molecule has 17 heteroatoms. The number of carbonyl (C=O) groups excluding carboxylic acids is 3. The van der Waals surface area contributed by atoms with E-state index in [-0.39, 0.29) is 36.3 Å². The molecule has 4 aromatic carbocycles. The molecule has 2 atom stereocenters. The summed E-state index contributed by atoms with van der Waals surface area (Å²) >= 11 is 0. The number of nitrogens with zero attached hydrogens (tertiary/aromatic N) is 6. The topological polar surface area (TPSA) is 203 Å². The zero-order valence-corrected chi connectivity index (χ0v) is 32.9. The van der Waals surface area contributed by atoms with Gasteiger partial charge in [0, 0.05) is 49.0 Å². The number of halogens is 2. The molecular weight excluding hydrogens is 753 g/mol. The lowest BCUT2D eigenvalue weighted by molar-refractivity contribution is -0.123. The molecule has 306 valence electrons. The number of aliphatic hydroxyl groups excluding tert-OH is 1. The maximum Gasteiger partial charge on any atom is 0.407 e. The average Bonchev–Trinajstić information content (AvgIpc) is 3.18. The van der Waals surface area contributed by atoms with Gasteiger partial charge in [-0.05, 0) is 117 Å². The Morgan fingerprint density at radius 3 is 2.14 bits per heavy atom. The number of hydrogen-bond donors (Lipinski definition) is 4. The predicted molar refractivity (Wildman–Crippen MR) is 215 cm³/mol. The normalized spacial score (nSPS) is 12.3. The van der Waals surface area contributed by atoms with Crippen molar-refractivity contribution in [2.45, 2.75) is 64.4 Å². The van der Waals surface area contributed by atoms with Crippen molar-refractivity contribution in [2.75, 3.05) is 32.1 Å². The summed E-state index contributed by atoms with van der Waals surface area (Å²) in [5, 5.41) is 30.7. The minimum Gasteiger partial charge on any atom is -0.480 e. The second-order valence-electron chi connectivity index (χ2n) is 14.3. The van der Waals surface area contributed by atoms with Crippen molar-refractivity contribution < 1.29 is 37.7 Å². The van der Waals surface area contributed by atoms with Crippen LogP contribution >= 0.6 is 0 Å². The van der Waals surface area contributed by atoms with E-state index in [2.05, 4.69) is 36.2 Å². The van der Waals surface area contributed by atoms with Crippen LogP contribution in [0.15, 0.2) is 100 Å². The highest BCUT2D eigenvalue weighted by Crippen LogP contribution is 2.26. The van der Waals surface area contributed by atoms with Crippen LogP contribution in [0.25, 0.3) is 10.4 Å². The fourth-order valence-corrected chi connectivity index (χ4v) is 5.38. The number of hydrogen-bond acceptors (Lipinski definition) is 11. The van der Waals surface area contributed by atoms with Gasteiger partial charge in [0.25, 0.3) is 5.91 Å². The lowest BCUT2D eigenvalue weighted by atomic mass is 10.0. The van der Waals surface area contributed by atoms with Crippen LogP contribution in [0.1, 0.15) is 67.7 Å². The highest BCUT2D eigenvalue weighted by molar-refractivity contribution is 5.98. The third kappa shape index (κ3) is 14.3. The number of nitrogens with one attached hydrogen (secondary N) is 3. The minimum atomic E-state index is -1.17. The Bertz CT molecular complexity index is 2080. The van der Waals surface area contributed by atoms with Crippen molar-refractivity contribution in [1.29, 1.82) is 0 Å². The van der Waals surface area contributed by atoms with E-state index >= 15 is 8.78 Å². The molecule has 0 saturated heterocycles. The summed E-state index contributed by atoms with van der Waals surface area (Å²) in [5.74, 6) is -4.26. The Hall–Kier alpha value is -6.42. The van der Waals surface area contributed by atoms with Gasteiger partial charge in [0.1, 0.15) is 18.4 Å². The second-order valence-corrected chi connectivity index (χ2v) is 14.3. The van der Waals surface area contributed by atoms with Gasteiger partial charge in [-0.25, -0.2) is 13.6 Å². The van der Waals surface area contributed by atoms with Crippen LogP contribution < -0.4 is 25.6 Å². The fourth-order valence-electron chi connectivity index (χ4n) is 5.38. The molecule has 0 aromatic heterocycles. The molecule has 1 unspecified atom stereocenters. The van der Waals surface area contributed by atoms with E-state index < -0.39 is 59.6 Å². The molecule has 0 radical (unpaired) electrons. The van der Waals surface area contributed by atoms with E-state index in [0.29, 0.717) is 29.8 Å². The van der Waals surface area contributed by atoms with Gasteiger partial charge in [-0.1, -0.05) is 29.4 Å². The zero-order chi connectivity index (χ0) is 42.2. The highest BCUT2D eigenvalue weighted by Gasteiger charge is 2.24. The number of unbranched alkanes of at least 4 members (excludes halogenated alkanes) is 1. The van der Waals surface area contributed by atoms with Gasteiger partial charge in [-0.15, -0.1) is 0 Å². The van der Waals surface area contributed by atoms with E-state index in [4.69, 9.17) is 15.0 Å². The van der Waals surface area contributed by atoms with Gasteiger partial charge >= 0.3 is 6.09 Å². The number of Topliss-reactive ketones (excluding diaryl/α,β-unsaturated/α-hetero) is 1. The number of anilines is 1. The highest BCUT2D eigenvalue weighted by atomic mass is 19.1. The summed E-state index contributed by atoms with van der Waals surface area (Å²) in [4.78, 5) is 43.1. The van der Waals surface area contributed by atoms with Crippen LogP contribution in [0.3, 0.4) is 0 Å². The number of aliphatic hydroxyl groups is 1. The number of benzene rings is 4. The van der Waals surface area contributed by atoms with Gasteiger partial charge in [0.2, 0.25) is 0 Å². The largest absolute Gasteiger partial charge is 0.480 e. The summed E-state index contributed by atoms with van der Waals surface area (Å²) in [6, 6.07) is 20.9. The van der Waals surface area contributed by atoms with E-state index in [1.807, 2.05) is 43.3 Å². The molecule has 0 aliphatic rings.